The van der Waals surface area contributed by atoms with Crippen molar-refractivity contribution >= 4 is 34.1 Å². The van der Waals surface area contributed by atoms with Crippen molar-refractivity contribution in [1.29, 1.82) is 0 Å². The molecule has 2 N–H and O–H groups in total. The quantitative estimate of drug-likeness (QED) is 0.416. The lowest BCUT2D eigenvalue weighted by Crippen LogP contribution is -1.96. The maximum absolute atomic E-state index is 6.29. The van der Waals surface area contributed by atoms with Crippen LogP contribution < -0.4 is 5.32 Å². The van der Waals surface area contributed by atoms with E-state index in [1.54, 1.807) is 18.7 Å². The molecule has 0 bridgehead atoms. The van der Waals surface area contributed by atoms with Crippen LogP contribution >= 0.6 is 11.6 Å². The predicted molar refractivity (Wildman–Crippen MR) is 111 cm³/mol. The van der Waals surface area contributed by atoms with E-state index in [1.807, 2.05) is 65.5 Å². The lowest BCUT2D eigenvalue weighted by Gasteiger charge is -2.09. The van der Waals surface area contributed by atoms with Gasteiger partial charge in [-0.15, -0.1) is 0 Å². The molecule has 4 aromatic heterocycles. The molecule has 0 unspecified atom stereocenters. The van der Waals surface area contributed by atoms with Crippen LogP contribution in [0, 0.1) is 0 Å². The number of pyridine rings is 2. The molecule has 0 spiro atoms. The molecular weight excluding hydrogens is 372 g/mol. The summed E-state index contributed by atoms with van der Waals surface area (Å²) in [6.07, 6.45) is 9.13. The third-order valence-electron chi connectivity index (χ3n) is 4.50. The Labute approximate surface area is 165 Å². The van der Waals surface area contributed by atoms with Gasteiger partial charge in [-0.1, -0.05) is 11.6 Å². The molecule has 0 aliphatic heterocycles. The Kier molecular flexibility index (Phi) is 4.03. The van der Waals surface area contributed by atoms with E-state index in [2.05, 4.69) is 25.3 Å². The molecule has 5 aromatic rings. The Balaban J connectivity index is 1.46. The molecule has 6 nitrogen and oxygen atoms in total. The van der Waals surface area contributed by atoms with Crippen molar-refractivity contribution in [1.82, 2.24) is 24.5 Å². The number of aromatic amines is 1. The molecule has 7 heteroatoms. The van der Waals surface area contributed by atoms with Crippen LogP contribution in [0.5, 0.6) is 0 Å². The zero-order valence-corrected chi connectivity index (χ0v) is 15.4. The highest BCUT2D eigenvalue weighted by Crippen LogP contribution is 2.31. The van der Waals surface area contributed by atoms with E-state index >= 15 is 0 Å². The fourth-order valence-electron chi connectivity index (χ4n) is 3.19. The number of benzene rings is 1. The number of nitrogens with zero attached hydrogens (tertiary/aromatic N) is 4. The second kappa shape index (κ2) is 6.83. The summed E-state index contributed by atoms with van der Waals surface area (Å²) in [6, 6.07) is 15.8. The zero-order chi connectivity index (χ0) is 18.9. The standard InChI is InChI=1S/C21H15ClN6/c22-19-10-14(18-12-25-21-17(18)2-1-7-24-21)11-20(27-19)26-15-3-5-16(6-4-15)28-9-8-23-13-28/h1-13H,(H,24,25)(H,26,27). The minimum absolute atomic E-state index is 0.424. The second-order valence-corrected chi connectivity index (χ2v) is 6.69. The van der Waals surface area contributed by atoms with Gasteiger partial charge in [-0.25, -0.2) is 15.0 Å². The van der Waals surface area contributed by atoms with E-state index < -0.39 is 0 Å². The van der Waals surface area contributed by atoms with Crippen LogP contribution in [0.3, 0.4) is 0 Å². The largest absolute Gasteiger partial charge is 0.346 e. The minimum Gasteiger partial charge on any atom is -0.346 e. The molecule has 0 saturated carbocycles. The van der Waals surface area contributed by atoms with Gasteiger partial charge >= 0.3 is 0 Å². The van der Waals surface area contributed by atoms with Gasteiger partial charge in [0.1, 0.15) is 16.6 Å². The van der Waals surface area contributed by atoms with E-state index in [-0.39, 0.29) is 0 Å². The van der Waals surface area contributed by atoms with E-state index in [0.29, 0.717) is 11.0 Å². The first-order chi connectivity index (χ1) is 13.8. The third kappa shape index (κ3) is 3.10. The number of hydrogen-bond donors (Lipinski definition) is 2. The van der Waals surface area contributed by atoms with Crippen LogP contribution in [0.2, 0.25) is 5.15 Å². The first-order valence-electron chi connectivity index (χ1n) is 8.72. The normalized spacial score (nSPS) is 11.0. The van der Waals surface area contributed by atoms with Crippen molar-refractivity contribution in [3.63, 3.8) is 0 Å². The van der Waals surface area contributed by atoms with Crippen molar-refractivity contribution < 1.29 is 0 Å². The van der Waals surface area contributed by atoms with Crippen LogP contribution in [0.1, 0.15) is 0 Å². The number of anilines is 2. The average Bonchev–Trinajstić information content (AvgIpc) is 3.38. The summed E-state index contributed by atoms with van der Waals surface area (Å²) in [5.41, 5.74) is 4.80. The van der Waals surface area contributed by atoms with Crippen LogP contribution in [0.25, 0.3) is 27.8 Å². The van der Waals surface area contributed by atoms with Gasteiger partial charge in [0.05, 0.1) is 6.33 Å². The molecular formula is C21H15ClN6. The number of aromatic nitrogens is 5. The predicted octanol–water partition coefficient (Wildman–Crippen LogP) is 5.21. The minimum atomic E-state index is 0.424. The van der Waals surface area contributed by atoms with Gasteiger partial charge in [-0.3, -0.25) is 0 Å². The maximum atomic E-state index is 6.29. The molecule has 0 atom stereocenters. The van der Waals surface area contributed by atoms with Crippen molar-refractivity contribution in [3.8, 4) is 16.8 Å². The average molecular weight is 387 g/mol. The molecule has 0 fully saturated rings. The SMILES string of the molecule is Clc1cc(-c2c[nH]c3ncccc23)cc(Nc2ccc(-n3ccnc3)cc2)n1. The second-order valence-electron chi connectivity index (χ2n) is 6.31. The Morgan fingerprint density at radius 1 is 1.04 bits per heavy atom. The van der Waals surface area contributed by atoms with E-state index in [1.165, 1.54) is 0 Å². The fourth-order valence-corrected chi connectivity index (χ4v) is 3.40. The molecule has 28 heavy (non-hydrogen) atoms. The van der Waals surface area contributed by atoms with Crippen LogP contribution in [-0.2, 0) is 0 Å². The molecule has 1 aromatic carbocycles. The number of fused-ring (bicyclic) bond motifs is 1. The number of hydrogen-bond acceptors (Lipinski definition) is 4. The molecule has 0 aliphatic carbocycles. The third-order valence-corrected chi connectivity index (χ3v) is 4.69. The molecule has 0 amide bonds. The van der Waals surface area contributed by atoms with Crippen molar-refractivity contribution in [2.24, 2.45) is 0 Å². The van der Waals surface area contributed by atoms with Gasteiger partial charge in [-0.2, -0.15) is 0 Å². The summed E-state index contributed by atoms with van der Waals surface area (Å²) < 4.78 is 1.95. The lowest BCUT2D eigenvalue weighted by atomic mass is 10.1. The monoisotopic (exact) mass is 386 g/mol. The van der Waals surface area contributed by atoms with Gasteiger partial charge in [-0.05, 0) is 54.1 Å². The van der Waals surface area contributed by atoms with E-state index in [4.69, 9.17) is 11.6 Å². The number of imidazole rings is 1. The van der Waals surface area contributed by atoms with Crippen molar-refractivity contribution in [2.45, 2.75) is 0 Å². The van der Waals surface area contributed by atoms with Gasteiger partial charge in [0.2, 0.25) is 0 Å². The van der Waals surface area contributed by atoms with Crippen LogP contribution in [0.4, 0.5) is 11.5 Å². The fraction of sp³-hybridized carbons (Fsp3) is 0. The molecule has 5 rings (SSSR count). The number of nitrogens with one attached hydrogen (secondary N) is 2. The molecule has 136 valence electrons. The zero-order valence-electron chi connectivity index (χ0n) is 14.7. The van der Waals surface area contributed by atoms with Crippen LogP contribution in [0.15, 0.2) is 79.6 Å². The topological polar surface area (TPSA) is 71.4 Å². The van der Waals surface area contributed by atoms with Gasteiger partial charge in [0, 0.05) is 47.1 Å². The molecule has 0 saturated heterocycles. The summed E-state index contributed by atoms with van der Waals surface area (Å²) in [5.74, 6) is 0.677. The van der Waals surface area contributed by atoms with E-state index in [9.17, 15) is 0 Å². The lowest BCUT2D eigenvalue weighted by molar-refractivity contribution is 1.06. The Bertz CT molecular complexity index is 1240. The summed E-state index contributed by atoms with van der Waals surface area (Å²) >= 11 is 6.29. The number of rotatable bonds is 4. The molecule has 0 radical (unpaired) electrons. The summed E-state index contributed by atoms with van der Waals surface area (Å²) in [5, 5.41) is 4.79. The van der Waals surface area contributed by atoms with Crippen molar-refractivity contribution in [3.05, 3.63) is 84.8 Å². The summed E-state index contributed by atoms with van der Waals surface area (Å²) in [4.78, 5) is 16.0. The summed E-state index contributed by atoms with van der Waals surface area (Å²) in [6.45, 7) is 0. The smallest absolute Gasteiger partial charge is 0.137 e. The van der Waals surface area contributed by atoms with Gasteiger partial charge in [0.15, 0.2) is 0 Å². The highest BCUT2D eigenvalue weighted by molar-refractivity contribution is 6.29. The number of H-pyrrole nitrogens is 1. The van der Waals surface area contributed by atoms with Gasteiger partial charge < -0.3 is 14.9 Å². The van der Waals surface area contributed by atoms with Crippen LogP contribution in [-0.4, -0.2) is 24.5 Å². The van der Waals surface area contributed by atoms with Gasteiger partial charge in [0.25, 0.3) is 0 Å². The highest BCUT2D eigenvalue weighted by atomic mass is 35.5. The Morgan fingerprint density at radius 3 is 2.75 bits per heavy atom. The van der Waals surface area contributed by atoms with Crippen molar-refractivity contribution in [2.75, 3.05) is 5.32 Å². The Morgan fingerprint density at radius 2 is 1.93 bits per heavy atom. The first-order valence-corrected chi connectivity index (χ1v) is 9.09. The number of halogens is 1. The van der Waals surface area contributed by atoms with E-state index in [0.717, 1.165) is 33.5 Å². The molecule has 0 aliphatic rings. The molecule has 4 heterocycles. The maximum Gasteiger partial charge on any atom is 0.137 e. The Hall–Kier alpha value is -3.64. The highest BCUT2D eigenvalue weighted by Gasteiger charge is 2.10. The summed E-state index contributed by atoms with van der Waals surface area (Å²) in [7, 11) is 0. The first kappa shape index (κ1) is 16.5.